The van der Waals surface area contributed by atoms with E-state index in [-0.39, 0.29) is 0 Å². The highest BCUT2D eigenvalue weighted by Crippen LogP contribution is 2.35. The fourth-order valence-electron chi connectivity index (χ4n) is 2.88. The minimum Gasteiger partial charge on any atom is -0.197 e. The molecule has 0 N–H and O–H groups in total. The molecule has 0 saturated heterocycles. The first-order chi connectivity index (χ1) is 11.5. The van der Waals surface area contributed by atoms with Crippen molar-refractivity contribution in [3.05, 3.63) is 74.9 Å². The molecule has 2 nitrogen and oxygen atoms in total. The van der Waals surface area contributed by atoms with Crippen LogP contribution in [0, 0.1) is 41.9 Å². The van der Waals surface area contributed by atoms with Crippen molar-refractivity contribution in [2.75, 3.05) is 0 Å². The first kappa shape index (κ1) is 18.2. The van der Waals surface area contributed by atoms with Gasteiger partial charge in [-0.1, -0.05) is 82.2 Å². The monoisotopic (exact) mass is 426 g/mol. The first-order valence-electron chi connectivity index (χ1n) is 7.76. The van der Waals surface area contributed by atoms with Crippen LogP contribution in [0.4, 0.5) is 0 Å². The van der Waals surface area contributed by atoms with Gasteiger partial charge in [-0.15, -0.1) is 0 Å². The van der Waals surface area contributed by atoms with E-state index in [4.69, 9.17) is 0 Å². The number of nitriles is 2. The summed E-state index contributed by atoms with van der Waals surface area (Å²) in [6.07, 6.45) is 0.848. The fraction of sp³-hybridized carbons (Fsp3) is 0.238. The van der Waals surface area contributed by atoms with Crippen LogP contribution in [0.5, 0.6) is 0 Å². The van der Waals surface area contributed by atoms with Crippen molar-refractivity contribution in [1.29, 1.82) is 10.5 Å². The number of rotatable bonds is 5. The number of aryl methyl sites for hydroxylation is 2. The zero-order chi connectivity index (χ0) is 17.6. The average Bonchev–Trinajstić information content (AvgIpc) is 2.58. The molecule has 2 aromatic carbocycles. The molecule has 0 aliphatic heterocycles. The molecule has 2 rings (SSSR count). The van der Waals surface area contributed by atoms with Crippen molar-refractivity contribution in [1.82, 2.24) is 0 Å². The molecular formula is C21H19IN2. The minimum absolute atomic E-state index is 0.417. The topological polar surface area (TPSA) is 47.6 Å². The lowest BCUT2D eigenvalue weighted by molar-refractivity contribution is 0.534. The van der Waals surface area contributed by atoms with Gasteiger partial charge in [0.15, 0.2) is 5.41 Å². The van der Waals surface area contributed by atoms with E-state index in [2.05, 4.69) is 66.8 Å². The maximum absolute atomic E-state index is 9.74. The fourth-order valence-corrected chi connectivity index (χ4v) is 3.46. The molecule has 0 atom stereocenters. The Morgan fingerprint density at radius 3 is 2.12 bits per heavy atom. The molecule has 120 valence electrons. The highest BCUT2D eigenvalue weighted by Gasteiger charge is 2.32. The van der Waals surface area contributed by atoms with Crippen molar-refractivity contribution in [2.24, 2.45) is 5.41 Å². The average molecular weight is 426 g/mol. The lowest BCUT2D eigenvalue weighted by Gasteiger charge is -2.21. The highest BCUT2D eigenvalue weighted by molar-refractivity contribution is 14.1. The molecule has 0 bridgehead atoms. The van der Waals surface area contributed by atoms with Crippen molar-refractivity contribution in [2.45, 2.75) is 26.7 Å². The number of halogens is 1. The number of allylic oxidation sites excluding steroid dienone is 1. The van der Waals surface area contributed by atoms with Crippen LogP contribution in [0.2, 0.25) is 0 Å². The van der Waals surface area contributed by atoms with Gasteiger partial charge in [-0.2, -0.15) is 10.5 Å². The van der Waals surface area contributed by atoms with Gasteiger partial charge in [0.25, 0.3) is 0 Å². The van der Waals surface area contributed by atoms with Gasteiger partial charge in [-0.05, 0) is 34.6 Å². The molecule has 0 amide bonds. The van der Waals surface area contributed by atoms with E-state index in [9.17, 15) is 10.5 Å². The second-order valence-electron chi connectivity index (χ2n) is 6.16. The molecule has 0 unspecified atom stereocenters. The summed E-state index contributed by atoms with van der Waals surface area (Å²) in [5, 5.41) is 19.5. The molecule has 3 heteroatoms. The Morgan fingerprint density at radius 1 is 1.04 bits per heavy atom. The van der Waals surface area contributed by atoms with Crippen molar-refractivity contribution < 1.29 is 0 Å². The van der Waals surface area contributed by atoms with Crippen LogP contribution >= 0.6 is 22.6 Å². The van der Waals surface area contributed by atoms with Crippen LogP contribution in [0.25, 0.3) is 5.57 Å². The van der Waals surface area contributed by atoms with E-state index >= 15 is 0 Å². The number of benzene rings is 2. The second kappa shape index (κ2) is 8.13. The number of hydrogen-bond donors (Lipinski definition) is 0. The van der Waals surface area contributed by atoms with Crippen molar-refractivity contribution >= 4 is 28.2 Å². The Hall–Kier alpha value is -2.11. The Kier molecular flexibility index (Phi) is 6.17. The Bertz CT molecular complexity index is 789. The zero-order valence-electron chi connectivity index (χ0n) is 13.9. The lowest BCUT2D eigenvalue weighted by Crippen LogP contribution is -2.20. The Morgan fingerprint density at radius 2 is 1.62 bits per heavy atom. The van der Waals surface area contributed by atoms with E-state index in [1.165, 1.54) is 11.1 Å². The van der Waals surface area contributed by atoms with Gasteiger partial charge in [-0.25, -0.2) is 0 Å². The van der Waals surface area contributed by atoms with Gasteiger partial charge in [0.2, 0.25) is 0 Å². The van der Waals surface area contributed by atoms with Crippen LogP contribution in [0.1, 0.15) is 28.7 Å². The van der Waals surface area contributed by atoms with Crippen LogP contribution < -0.4 is 0 Å². The molecule has 0 aliphatic carbocycles. The summed E-state index contributed by atoms with van der Waals surface area (Å²) in [6.45, 7) is 4.13. The van der Waals surface area contributed by atoms with Crippen molar-refractivity contribution in [3.8, 4) is 12.1 Å². The van der Waals surface area contributed by atoms with Crippen LogP contribution in [-0.4, -0.2) is 0 Å². The predicted octanol–water partition coefficient (Wildman–Crippen LogP) is 5.75. The third-order valence-corrected chi connectivity index (χ3v) is 4.74. The quantitative estimate of drug-likeness (QED) is 0.572. The van der Waals surface area contributed by atoms with Gasteiger partial charge >= 0.3 is 0 Å². The SMILES string of the molecule is Cc1cc(C)cc(/C(=C/I)CC(C#N)(C#N)Cc2ccccc2)c1. The molecule has 24 heavy (non-hydrogen) atoms. The Balaban J connectivity index is 2.35. The van der Waals surface area contributed by atoms with E-state index in [0.29, 0.717) is 12.8 Å². The van der Waals surface area contributed by atoms with E-state index < -0.39 is 5.41 Å². The highest BCUT2D eigenvalue weighted by atomic mass is 127. The largest absolute Gasteiger partial charge is 0.197 e. The molecule has 0 fully saturated rings. The molecule has 0 spiro atoms. The molecule has 0 radical (unpaired) electrons. The van der Waals surface area contributed by atoms with E-state index in [1.807, 2.05) is 34.4 Å². The third kappa shape index (κ3) is 4.46. The summed E-state index contributed by atoms with van der Waals surface area (Å²) < 4.78 is 1.99. The summed E-state index contributed by atoms with van der Waals surface area (Å²) >= 11 is 2.20. The summed E-state index contributed by atoms with van der Waals surface area (Å²) in [4.78, 5) is 0. The Labute approximate surface area is 157 Å². The minimum atomic E-state index is -1.06. The number of hydrogen-bond acceptors (Lipinski definition) is 2. The maximum atomic E-state index is 9.74. The second-order valence-corrected chi connectivity index (χ2v) is 6.78. The smallest absolute Gasteiger partial charge is 0.151 e. The summed E-state index contributed by atoms with van der Waals surface area (Å²) in [7, 11) is 0. The predicted molar refractivity (Wildman–Crippen MR) is 106 cm³/mol. The standard InChI is InChI=1S/C21H19IN2/c1-16-8-17(2)10-19(9-16)20(13-22)12-21(14-23,15-24)11-18-6-4-3-5-7-18/h3-10,13H,11-12H2,1-2H3/b20-13+. The molecular weight excluding hydrogens is 407 g/mol. The van der Waals surface area contributed by atoms with Gasteiger partial charge in [0.05, 0.1) is 12.1 Å². The summed E-state index contributed by atoms with van der Waals surface area (Å²) in [6, 6.07) is 20.6. The van der Waals surface area contributed by atoms with E-state index in [0.717, 1.165) is 16.7 Å². The van der Waals surface area contributed by atoms with Crippen LogP contribution in [0.3, 0.4) is 0 Å². The molecule has 0 aromatic heterocycles. The summed E-state index contributed by atoms with van der Waals surface area (Å²) in [5.74, 6) is 0. The number of nitrogens with zero attached hydrogens (tertiary/aromatic N) is 2. The lowest BCUT2D eigenvalue weighted by atomic mass is 9.78. The molecule has 0 heterocycles. The molecule has 0 saturated carbocycles. The van der Waals surface area contributed by atoms with E-state index in [1.54, 1.807) is 0 Å². The van der Waals surface area contributed by atoms with Gasteiger partial charge in [0, 0.05) is 12.8 Å². The normalized spacial score (nSPS) is 11.6. The van der Waals surface area contributed by atoms with Gasteiger partial charge < -0.3 is 0 Å². The van der Waals surface area contributed by atoms with Crippen molar-refractivity contribution in [3.63, 3.8) is 0 Å². The zero-order valence-corrected chi connectivity index (χ0v) is 16.0. The van der Waals surface area contributed by atoms with Crippen LogP contribution in [0.15, 0.2) is 52.6 Å². The third-order valence-electron chi connectivity index (χ3n) is 3.99. The van der Waals surface area contributed by atoms with Gasteiger partial charge in [0.1, 0.15) is 0 Å². The maximum Gasteiger partial charge on any atom is 0.151 e. The van der Waals surface area contributed by atoms with Crippen LogP contribution in [-0.2, 0) is 6.42 Å². The molecule has 0 aliphatic rings. The molecule has 2 aromatic rings. The van der Waals surface area contributed by atoms with Gasteiger partial charge in [-0.3, -0.25) is 0 Å². The first-order valence-corrected chi connectivity index (χ1v) is 9.01. The summed E-state index contributed by atoms with van der Waals surface area (Å²) in [5.41, 5.74) is 4.43.